The molecule has 3 aromatic heterocycles. The van der Waals surface area contributed by atoms with E-state index in [0.717, 1.165) is 10.6 Å². The third-order valence-corrected chi connectivity index (χ3v) is 6.78. The van der Waals surface area contributed by atoms with Gasteiger partial charge in [0, 0.05) is 34.7 Å². The fourth-order valence-electron chi connectivity index (χ4n) is 3.84. The molecule has 186 valence electrons. The molecule has 0 fully saturated rings. The summed E-state index contributed by atoms with van der Waals surface area (Å²) in [5.74, 6) is -0.309. The molecule has 2 aromatic carbocycles. The highest BCUT2D eigenvalue weighted by Crippen LogP contribution is 2.28. The Bertz CT molecular complexity index is 1590. The van der Waals surface area contributed by atoms with Gasteiger partial charge in [-0.15, -0.1) is 16.4 Å². The molecule has 0 spiro atoms. The number of carbonyl (C=O) groups is 1. The van der Waals surface area contributed by atoms with E-state index in [0.29, 0.717) is 28.4 Å². The minimum absolute atomic E-state index is 0.219. The molecule has 9 nitrogen and oxygen atoms in total. The number of rotatable bonds is 8. The number of thiazole rings is 1. The molecule has 1 N–H and O–H groups in total. The number of carbonyl (C=O) groups excluding carboxylic acids is 1. The zero-order valence-electron chi connectivity index (χ0n) is 19.2. The summed E-state index contributed by atoms with van der Waals surface area (Å²) >= 11 is 13.6. The van der Waals surface area contributed by atoms with Crippen molar-refractivity contribution in [3.8, 4) is 16.9 Å². The second-order valence-electron chi connectivity index (χ2n) is 8.02. The van der Waals surface area contributed by atoms with Crippen LogP contribution in [0.4, 0.5) is 0 Å². The predicted octanol–water partition coefficient (Wildman–Crippen LogP) is 4.35. The van der Waals surface area contributed by atoms with Crippen molar-refractivity contribution in [3.63, 3.8) is 0 Å². The summed E-state index contributed by atoms with van der Waals surface area (Å²) in [4.78, 5) is 35.3. The van der Waals surface area contributed by atoms with Crippen LogP contribution in [0.15, 0.2) is 83.5 Å². The summed E-state index contributed by atoms with van der Waals surface area (Å²) in [6.45, 7) is 0.272. The Labute approximate surface area is 225 Å². The van der Waals surface area contributed by atoms with Crippen LogP contribution >= 0.6 is 34.5 Å². The largest absolute Gasteiger partial charge is 0.348 e. The molecule has 0 unspecified atom stereocenters. The van der Waals surface area contributed by atoms with Gasteiger partial charge in [-0.05, 0) is 23.8 Å². The van der Waals surface area contributed by atoms with Crippen LogP contribution in [0.3, 0.4) is 0 Å². The van der Waals surface area contributed by atoms with Crippen LogP contribution in [0.5, 0.6) is 0 Å². The normalized spacial score (nSPS) is 11.8. The highest BCUT2D eigenvalue weighted by Gasteiger charge is 2.23. The highest BCUT2D eigenvalue weighted by atomic mass is 35.5. The fraction of sp³-hybridized carbons (Fsp3) is 0.120. The maximum Gasteiger partial charge on any atom is 0.254 e. The Hall–Kier alpha value is -3.86. The van der Waals surface area contributed by atoms with Gasteiger partial charge >= 0.3 is 0 Å². The maximum atomic E-state index is 13.4. The van der Waals surface area contributed by atoms with E-state index in [-0.39, 0.29) is 17.6 Å². The van der Waals surface area contributed by atoms with Crippen LogP contribution in [-0.2, 0) is 17.8 Å². The highest BCUT2D eigenvalue weighted by molar-refractivity contribution is 7.09. The van der Waals surface area contributed by atoms with Crippen LogP contribution in [0.2, 0.25) is 10.2 Å². The summed E-state index contributed by atoms with van der Waals surface area (Å²) in [6.07, 6.45) is 4.91. The summed E-state index contributed by atoms with van der Waals surface area (Å²) in [7, 11) is 0. The number of hydrogen-bond donors (Lipinski definition) is 1. The van der Waals surface area contributed by atoms with E-state index in [1.165, 1.54) is 39.2 Å². The van der Waals surface area contributed by atoms with Crippen LogP contribution in [0, 0.1) is 0 Å². The minimum Gasteiger partial charge on any atom is -0.348 e. The monoisotopic (exact) mass is 551 g/mol. The topological polar surface area (TPSA) is 108 Å². The van der Waals surface area contributed by atoms with E-state index in [4.69, 9.17) is 23.2 Å². The van der Waals surface area contributed by atoms with Gasteiger partial charge in [-0.25, -0.2) is 14.6 Å². The molecule has 0 radical (unpaired) electrons. The lowest BCUT2D eigenvalue weighted by atomic mass is 10.0. The molecule has 0 aliphatic rings. The van der Waals surface area contributed by atoms with E-state index in [9.17, 15) is 9.59 Å². The number of benzene rings is 2. The molecule has 0 aliphatic heterocycles. The molecule has 1 amide bonds. The van der Waals surface area contributed by atoms with Crippen LogP contribution in [-0.4, -0.2) is 35.4 Å². The van der Waals surface area contributed by atoms with E-state index < -0.39 is 11.6 Å². The molecule has 0 aliphatic carbocycles. The number of aromatic nitrogens is 6. The Morgan fingerprint density at radius 2 is 1.92 bits per heavy atom. The quantitative estimate of drug-likeness (QED) is 0.307. The van der Waals surface area contributed by atoms with Gasteiger partial charge in [0.05, 0.1) is 30.5 Å². The lowest BCUT2D eigenvalue weighted by Gasteiger charge is -2.19. The summed E-state index contributed by atoms with van der Waals surface area (Å²) in [5, 5.41) is 14.0. The molecule has 0 saturated heterocycles. The second-order valence-corrected chi connectivity index (χ2v) is 9.82. The molecular formula is C25H19Cl2N7O2S. The molecule has 37 heavy (non-hydrogen) atoms. The minimum atomic E-state index is -0.815. The smallest absolute Gasteiger partial charge is 0.254 e. The number of hydrogen-bond acceptors (Lipinski definition) is 7. The van der Waals surface area contributed by atoms with Gasteiger partial charge < -0.3 is 5.32 Å². The van der Waals surface area contributed by atoms with Gasteiger partial charge in [-0.2, -0.15) is 0 Å². The van der Waals surface area contributed by atoms with E-state index >= 15 is 0 Å². The van der Waals surface area contributed by atoms with Crippen molar-refractivity contribution in [1.29, 1.82) is 0 Å². The number of halogens is 2. The summed E-state index contributed by atoms with van der Waals surface area (Å²) < 4.78 is 2.82. The lowest BCUT2D eigenvalue weighted by molar-refractivity contribution is -0.124. The summed E-state index contributed by atoms with van der Waals surface area (Å²) in [6, 6.07) is 15.2. The van der Waals surface area contributed by atoms with Crippen LogP contribution in [0.25, 0.3) is 16.9 Å². The van der Waals surface area contributed by atoms with Crippen molar-refractivity contribution in [1.82, 2.24) is 34.8 Å². The molecule has 1 atom stereocenters. The van der Waals surface area contributed by atoms with Crippen LogP contribution in [0.1, 0.15) is 16.6 Å². The SMILES string of the molecule is O=C(NCc1nccs1)[C@H](Cc1ccccc1)n1cnc(-c2cc(Cl)ccc2-n2cc(Cl)nn2)cc1=O. The molecule has 0 bridgehead atoms. The molecule has 5 aromatic rings. The van der Waals surface area contributed by atoms with Crippen molar-refractivity contribution in [2.75, 3.05) is 0 Å². The Morgan fingerprint density at radius 3 is 2.62 bits per heavy atom. The summed E-state index contributed by atoms with van der Waals surface area (Å²) in [5.41, 5.74) is 2.04. The van der Waals surface area contributed by atoms with Crippen molar-refractivity contribution in [3.05, 3.63) is 110 Å². The first-order valence-electron chi connectivity index (χ1n) is 11.1. The molecule has 3 heterocycles. The molecular weight excluding hydrogens is 533 g/mol. The zero-order chi connectivity index (χ0) is 25.8. The van der Waals surface area contributed by atoms with Gasteiger partial charge in [-0.3, -0.25) is 14.2 Å². The Balaban J connectivity index is 1.50. The predicted molar refractivity (Wildman–Crippen MR) is 142 cm³/mol. The van der Waals surface area contributed by atoms with Crippen molar-refractivity contribution >= 4 is 40.4 Å². The Morgan fingerprint density at radius 1 is 1.08 bits per heavy atom. The first-order valence-corrected chi connectivity index (χ1v) is 12.8. The van der Waals surface area contributed by atoms with Gasteiger partial charge in [-0.1, -0.05) is 58.7 Å². The lowest BCUT2D eigenvalue weighted by Crippen LogP contribution is -2.38. The number of nitrogens with zero attached hydrogens (tertiary/aromatic N) is 6. The van der Waals surface area contributed by atoms with E-state index in [1.807, 2.05) is 35.7 Å². The van der Waals surface area contributed by atoms with Crippen LogP contribution < -0.4 is 10.9 Å². The third kappa shape index (κ3) is 5.77. The first-order chi connectivity index (χ1) is 18.0. The van der Waals surface area contributed by atoms with Crippen molar-refractivity contribution in [2.45, 2.75) is 19.0 Å². The zero-order valence-corrected chi connectivity index (χ0v) is 21.5. The molecule has 5 rings (SSSR count). The molecule has 12 heteroatoms. The van der Waals surface area contributed by atoms with Gasteiger partial charge in [0.2, 0.25) is 5.91 Å². The number of amides is 1. The van der Waals surface area contributed by atoms with Gasteiger partial charge in [0.15, 0.2) is 5.15 Å². The standard InChI is InChI=1S/C25H19Cl2N7O2S/c26-17-6-7-20(34-14-22(27)31-32-34)18(11-17)19-12-24(35)33(15-30-19)21(10-16-4-2-1-3-5-16)25(36)29-13-23-28-8-9-37-23/h1-9,11-12,14-15,21H,10,13H2,(H,29,36)/t21-/m0/s1. The maximum absolute atomic E-state index is 13.4. The average Bonchev–Trinajstić information content (AvgIpc) is 3.58. The molecule has 0 saturated carbocycles. The van der Waals surface area contributed by atoms with Crippen molar-refractivity contribution < 1.29 is 4.79 Å². The Kier molecular flexibility index (Phi) is 7.40. The third-order valence-electron chi connectivity index (χ3n) is 5.59. The van der Waals surface area contributed by atoms with Crippen molar-refractivity contribution in [2.24, 2.45) is 0 Å². The van der Waals surface area contributed by atoms with E-state index in [1.54, 1.807) is 24.4 Å². The van der Waals surface area contributed by atoms with E-state index in [2.05, 4.69) is 25.6 Å². The van der Waals surface area contributed by atoms with Gasteiger partial charge in [0.25, 0.3) is 5.56 Å². The second kappa shape index (κ2) is 11.0. The fourth-order valence-corrected chi connectivity index (χ4v) is 4.70. The number of nitrogens with one attached hydrogen (secondary N) is 1. The van der Waals surface area contributed by atoms with Gasteiger partial charge in [0.1, 0.15) is 11.0 Å². The first kappa shape index (κ1) is 24.8. The average molecular weight is 552 g/mol.